The van der Waals surface area contributed by atoms with E-state index in [0.717, 1.165) is 4.90 Å². The number of hydrogen-bond donors (Lipinski definition) is 1. The quantitative estimate of drug-likeness (QED) is 0.788. The van der Waals surface area contributed by atoms with Gasteiger partial charge in [-0.1, -0.05) is 18.2 Å². The van der Waals surface area contributed by atoms with Crippen molar-refractivity contribution in [3.8, 4) is 5.75 Å². The molecule has 1 aliphatic rings. The van der Waals surface area contributed by atoms with E-state index in [9.17, 15) is 14.0 Å². The van der Waals surface area contributed by atoms with Crippen molar-refractivity contribution in [1.82, 2.24) is 4.90 Å². The van der Waals surface area contributed by atoms with Crippen molar-refractivity contribution >= 4 is 23.1 Å². The number of hydrogen-bond acceptors (Lipinski definition) is 4. The van der Waals surface area contributed by atoms with Gasteiger partial charge in [0.15, 0.2) is 0 Å². The summed E-state index contributed by atoms with van der Waals surface area (Å²) < 4.78 is 19.1. The molecule has 6 heteroatoms. The molecule has 0 fully saturated rings. The molecule has 0 bridgehead atoms. The lowest BCUT2D eigenvalue weighted by molar-refractivity contribution is -0.136. The lowest BCUT2D eigenvalue weighted by atomic mass is 10.0. The lowest BCUT2D eigenvalue weighted by Gasteiger charge is -2.12. The average Bonchev–Trinajstić information content (AvgIpc) is 2.85. The molecule has 5 nitrogen and oxygen atoms in total. The van der Waals surface area contributed by atoms with Crippen LogP contribution in [0.5, 0.6) is 5.75 Å². The highest BCUT2D eigenvalue weighted by atomic mass is 19.1. The summed E-state index contributed by atoms with van der Waals surface area (Å²) in [5.41, 5.74) is 1.41. The first-order chi connectivity index (χ1) is 12.9. The van der Waals surface area contributed by atoms with E-state index in [2.05, 4.69) is 5.32 Å². The van der Waals surface area contributed by atoms with Crippen LogP contribution in [0.15, 0.2) is 54.2 Å². The van der Waals surface area contributed by atoms with Crippen LogP contribution in [0.2, 0.25) is 0 Å². The predicted molar refractivity (Wildman–Crippen MR) is 102 cm³/mol. The second-order valence-corrected chi connectivity index (χ2v) is 6.43. The van der Waals surface area contributed by atoms with Crippen LogP contribution in [0.25, 0.3) is 5.57 Å². The fourth-order valence-electron chi connectivity index (χ4n) is 2.93. The molecule has 0 saturated carbocycles. The first-order valence-corrected chi connectivity index (χ1v) is 8.81. The molecule has 1 aliphatic heterocycles. The number of anilines is 1. The highest BCUT2D eigenvalue weighted by Crippen LogP contribution is 2.31. The summed E-state index contributed by atoms with van der Waals surface area (Å²) in [6.07, 6.45) is 0.0329. The van der Waals surface area contributed by atoms with Crippen LogP contribution in [0.3, 0.4) is 0 Å². The zero-order valence-electron chi connectivity index (χ0n) is 15.5. The number of halogens is 1. The maximum Gasteiger partial charge on any atom is 0.278 e. The molecule has 0 saturated heterocycles. The van der Waals surface area contributed by atoms with Gasteiger partial charge in [-0.25, -0.2) is 4.39 Å². The number of imide groups is 1. The normalized spacial score (nSPS) is 14.3. The summed E-state index contributed by atoms with van der Waals surface area (Å²) in [6, 6.07) is 12.8. The van der Waals surface area contributed by atoms with Crippen LogP contribution < -0.4 is 10.1 Å². The Morgan fingerprint density at radius 1 is 1.07 bits per heavy atom. The third kappa shape index (κ3) is 3.84. The third-order valence-electron chi connectivity index (χ3n) is 4.09. The van der Waals surface area contributed by atoms with Gasteiger partial charge in [0, 0.05) is 12.2 Å². The van der Waals surface area contributed by atoms with Gasteiger partial charge < -0.3 is 10.1 Å². The number of benzene rings is 2. The molecular weight excluding hydrogens is 347 g/mol. The largest absolute Gasteiger partial charge is 0.491 e. The summed E-state index contributed by atoms with van der Waals surface area (Å²) in [7, 11) is 0. The highest BCUT2D eigenvalue weighted by Gasteiger charge is 2.38. The van der Waals surface area contributed by atoms with E-state index in [1.54, 1.807) is 37.3 Å². The van der Waals surface area contributed by atoms with Crippen LogP contribution in [-0.2, 0) is 9.59 Å². The summed E-state index contributed by atoms with van der Waals surface area (Å²) in [5.74, 6) is -0.553. The highest BCUT2D eigenvalue weighted by molar-refractivity contribution is 6.36. The second kappa shape index (κ2) is 7.61. The first-order valence-electron chi connectivity index (χ1n) is 8.81. The average molecular weight is 368 g/mol. The zero-order valence-corrected chi connectivity index (χ0v) is 15.5. The molecule has 0 aromatic heterocycles. The smallest absolute Gasteiger partial charge is 0.278 e. The molecule has 140 valence electrons. The third-order valence-corrected chi connectivity index (χ3v) is 4.09. The summed E-state index contributed by atoms with van der Waals surface area (Å²) >= 11 is 0. The number of amides is 2. The first kappa shape index (κ1) is 18.6. The van der Waals surface area contributed by atoms with Gasteiger partial charge in [-0.15, -0.1) is 0 Å². The fraction of sp³-hybridized carbons (Fsp3) is 0.238. The van der Waals surface area contributed by atoms with Gasteiger partial charge in [-0.05, 0) is 56.7 Å². The SMILES string of the molecule is CCN1C(=O)C(Nc2cccc(F)c2)=C(c2ccc(OC(C)C)cc2)C1=O. The van der Waals surface area contributed by atoms with Gasteiger partial charge >= 0.3 is 0 Å². The predicted octanol–water partition coefficient (Wildman–Crippen LogP) is 3.82. The topological polar surface area (TPSA) is 58.6 Å². The number of carbonyl (C=O) groups excluding carboxylic acids is 2. The van der Waals surface area contributed by atoms with Crippen LogP contribution in [0.4, 0.5) is 10.1 Å². The van der Waals surface area contributed by atoms with Gasteiger partial charge in [0.2, 0.25) is 0 Å². The fourth-order valence-corrected chi connectivity index (χ4v) is 2.93. The van der Waals surface area contributed by atoms with Crippen molar-refractivity contribution in [2.24, 2.45) is 0 Å². The van der Waals surface area contributed by atoms with E-state index < -0.39 is 11.7 Å². The van der Waals surface area contributed by atoms with Crippen molar-refractivity contribution in [3.63, 3.8) is 0 Å². The monoisotopic (exact) mass is 368 g/mol. The van der Waals surface area contributed by atoms with Crippen molar-refractivity contribution in [3.05, 3.63) is 65.6 Å². The van der Waals surface area contributed by atoms with Crippen molar-refractivity contribution in [2.45, 2.75) is 26.9 Å². The number of rotatable bonds is 6. The van der Waals surface area contributed by atoms with Gasteiger partial charge in [-0.2, -0.15) is 0 Å². The van der Waals surface area contributed by atoms with E-state index in [1.807, 2.05) is 13.8 Å². The summed E-state index contributed by atoms with van der Waals surface area (Å²) in [5, 5.41) is 2.92. The molecule has 2 aromatic rings. The standard InChI is InChI=1S/C21H21FN2O3/c1-4-24-20(25)18(14-8-10-17(11-9-14)27-13(2)3)19(21(24)26)23-16-7-5-6-15(22)12-16/h5-13,23H,4H2,1-3H3. The number of nitrogens with one attached hydrogen (secondary N) is 1. The second-order valence-electron chi connectivity index (χ2n) is 6.43. The number of ether oxygens (including phenoxy) is 1. The van der Waals surface area contributed by atoms with E-state index in [1.165, 1.54) is 18.2 Å². The molecule has 0 spiro atoms. The Morgan fingerprint density at radius 3 is 2.37 bits per heavy atom. The Balaban J connectivity index is 2.01. The minimum atomic E-state index is -0.429. The van der Waals surface area contributed by atoms with Gasteiger partial charge in [-0.3, -0.25) is 14.5 Å². The molecule has 0 atom stereocenters. The maximum absolute atomic E-state index is 13.5. The molecule has 0 aliphatic carbocycles. The van der Waals surface area contributed by atoms with Crippen LogP contribution in [0, 0.1) is 5.82 Å². The van der Waals surface area contributed by atoms with Gasteiger partial charge in [0.05, 0.1) is 11.7 Å². The Morgan fingerprint density at radius 2 is 1.78 bits per heavy atom. The van der Waals surface area contributed by atoms with Crippen molar-refractivity contribution in [2.75, 3.05) is 11.9 Å². The molecule has 0 unspecified atom stereocenters. The molecule has 0 radical (unpaired) electrons. The number of likely N-dealkylation sites (N-methyl/N-ethyl adjacent to an activating group) is 1. The van der Waals surface area contributed by atoms with Gasteiger partial charge in [0.1, 0.15) is 17.3 Å². The van der Waals surface area contributed by atoms with E-state index in [4.69, 9.17) is 4.74 Å². The Labute approximate surface area is 157 Å². The minimum Gasteiger partial charge on any atom is -0.491 e. The van der Waals surface area contributed by atoms with Crippen molar-refractivity contribution < 1.29 is 18.7 Å². The molecule has 1 heterocycles. The Bertz CT molecular complexity index is 904. The van der Waals surface area contributed by atoms with Gasteiger partial charge in [0.25, 0.3) is 11.8 Å². The summed E-state index contributed by atoms with van der Waals surface area (Å²) in [4.78, 5) is 26.6. The number of carbonyl (C=O) groups is 2. The lowest BCUT2D eigenvalue weighted by Crippen LogP contribution is -2.32. The van der Waals surface area contributed by atoms with Crippen LogP contribution in [-0.4, -0.2) is 29.4 Å². The molecule has 2 amide bonds. The van der Waals surface area contributed by atoms with E-state index >= 15 is 0 Å². The molecule has 27 heavy (non-hydrogen) atoms. The zero-order chi connectivity index (χ0) is 19.6. The Kier molecular flexibility index (Phi) is 5.26. The molecule has 2 aromatic carbocycles. The van der Waals surface area contributed by atoms with Crippen LogP contribution >= 0.6 is 0 Å². The van der Waals surface area contributed by atoms with Crippen LogP contribution in [0.1, 0.15) is 26.3 Å². The minimum absolute atomic E-state index is 0.0329. The number of nitrogens with zero attached hydrogens (tertiary/aromatic N) is 1. The van der Waals surface area contributed by atoms with E-state index in [0.29, 0.717) is 17.0 Å². The van der Waals surface area contributed by atoms with Crippen molar-refractivity contribution in [1.29, 1.82) is 0 Å². The maximum atomic E-state index is 13.5. The summed E-state index contributed by atoms with van der Waals surface area (Å²) in [6.45, 7) is 5.84. The molecule has 3 rings (SSSR count). The molecular formula is C21H21FN2O3. The Hall–Kier alpha value is -3.15. The molecule has 1 N–H and O–H groups in total. The van der Waals surface area contributed by atoms with E-state index in [-0.39, 0.29) is 29.8 Å².